The Kier molecular flexibility index (Phi) is 9.89. The predicted octanol–water partition coefficient (Wildman–Crippen LogP) is 5.79. The van der Waals surface area contributed by atoms with Gasteiger partial charge in [0.25, 0.3) is 0 Å². The number of carbonyl (C=O) groups is 3. The Morgan fingerprint density at radius 2 is 1.87 bits per heavy atom. The number of rotatable bonds is 10. The summed E-state index contributed by atoms with van der Waals surface area (Å²) in [5.74, 6) is -1.39. The highest BCUT2D eigenvalue weighted by atomic mass is 35.6. The van der Waals surface area contributed by atoms with E-state index in [1.807, 2.05) is 66.9 Å². The zero-order chi connectivity index (χ0) is 27.3. The van der Waals surface area contributed by atoms with Gasteiger partial charge in [-0.3, -0.25) is 14.4 Å². The van der Waals surface area contributed by atoms with Gasteiger partial charge in [0.05, 0.1) is 22.7 Å². The van der Waals surface area contributed by atoms with Crippen molar-refractivity contribution >= 4 is 95.7 Å². The molecule has 0 saturated carbocycles. The molecule has 2 aromatic carbocycles. The largest absolute Gasteiger partial charge is 0.460 e. The van der Waals surface area contributed by atoms with Gasteiger partial charge in [-0.25, -0.2) is 4.98 Å². The van der Waals surface area contributed by atoms with Crippen molar-refractivity contribution in [3.05, 3.63) is 71.1 Å². The van der Waals surface area contributed by atoms with Gasteiger partial charge in [0, 0.05) is 0 Å². The van der Waals surface area contributed by atoms with E-state index in [4.69, 9.17) is 39.5 Å². The zero-order valence-corrected chi connectivity index (χ0v) is 24.7. The van der Waals surface area contributed by atoms with E-state index >= 15 is 0 Å². The number of nitrogens with zero attached hydrogens (tertiary/aromatic N) is 2. The summed E-state index contributed by atoms with van der Waals surface area (Å²) >= 11 is 18.6. The first-order chi connectivity index (χ1) is 18.1. The molecule has 1 aliphatic heterocycles. The van der Waals surface area contributed by atoms with Crippen molar-refractivity contribution in [2.45, 2.75) is 33.6 Å². The molecule has 0 spiro atoms. The molecule has 1 aliphatic rings. The molecule has 1 N–H and O–H groups in total. The van der Waals surface area contributed by atoms with E-state index in [1.54, 1.807) is 11.3 Å². The molecular formula is C25H22Cl3N3O4S3. The second kappa shape index (κ2) is 12.9. The van der Waals surface area contributed by atoms with Crippen LogP contribution in [0.15, 0.2) is 69.9 Å². The maximum atomic E-state index is 13.0. The molecule has 0 bridgehead atoms. The number of amides is 2. The van der Waals surface area contributed by atoms with Crippen LogP contribution in [0.2, 0.25) is 0 Å². The smallest absolute Gasteiger partial charge is 0.325 e. The lowest BCUT2D eigenvalue weighted by atomic mass is 9.89. The summed E-state index contributed by atoms with van der Waals surface area (Å²) in [6, 6.07) is 15.8. The van der Waals surface area contributed by atoms with Crippen LogP contribution < -0.4 is 5.32 Å². The topological polar surface area (TPSA) is 88.6 Å². The van der Waals surface area contributed by atoms with Crippen LogP contribution in [-0.4, -0.2) is 56.7 Å². The normalized spacial score (nSPS) is 17.8. The van der Waals surface area contributed by atoms with Gasteiger partial charge in [-0.15, -0.1) is 11.3 Å². The number of halogens is 3. The molecule has 2 unspecified atom stereocenters. The van der Waals surface area contributed by atoms with Gasteiger partial charge in [0.1, 0.15) is 19.2 Å². The lowest BCUT2D eigenvalue weighted by molar-refractivity contribution is -0.160. The SMILES string of the molecule is CC(=CSSc1nc2ccccc2s1)C1C(NC(=O)Cc2ccccc2)C(=O)N1CC(=O)OCC(Cl)(Cl)Cl. The third kappa shape index (κ3) is 7.80. The molecule has 38 heavy (non-hydrogen) atoms. The van der Waals surface area contributed by atoms with E-state index in [0.29, 0.717) is 0 Å². The van der Waals surface area contributed by atoms with Crippen LogP contribution in [-0.2, 0) is 25.5 Å². The third-order valence-electron chi connectivity index (χ3n) is 5.52. The predicted molar refractivity (Wildman–Crippen MR) is 156 cm³/mol. The number of alkyl halides is 3. The number of hydrogen-bond donors (Lipinski definition) is 1. The maximum Gasteiger partial charge on any atom is 0.325 e. The quantitative estimate of drug-likeness (QED) is 0.131. The molecule has 4 rings (SSSR count). The summed E-state index contributed by atoms with van der Waals surface area (Å²) in [5.41, 5.74) is 2.56. The minimum absolute atomic E-state index is 0.133. The van der Waals surface area contributed by atoms with Crippen LogP contribution >= 0.6 is 67.7 Å². The van der Waals surface area contributed by atoms with Gasteiger partial charge in [-0.1, -0.05) is 88.1 Å². The molecule has 0 radical (unpaired) electrons. The minimum atomic E-state index is -1.76. The number of likely N-dealkylation sites (tertiary alicyclic amines) is 1. The van der Waals surface area contributed by atoms with Gasteiger partial charge in [0.2, 0.25) is 15.6 Å². The molecule has 3 aromatic rings. The van der Waals surface area contributed by atoms with Crippen molar-refractivity contribution in [2.24, 2.45) is 0 Å². The lowest BCUT2D eigenvalue weighted by Crippen LogP contribution is -2.71. The average molecular weight is 631 g/mol. The van der Waals surface area contributed by atoms with Crippen molar-refractivity contribution in [1.29, 1.82) is 0 Å². The van der Waals surface area contributed by atoms with E-state index in [-0.39, 0.29) is 24.8 Å². The number of nitrogens with one attached hydrogen (secondary N) is 1. The Morgan fingerprint density at radius 3 is 2.58 bits per heavy atom. The van der Waals surface area contributed by atoms with E-state index in [9.17, 15) is 14.4 Å². The summed E-state index contributed by atoms with van der Waals surface area (Å²) in [7, 11) is 2.94. The number of thiazole rings is 1. The first-order valence-corrected chi connectivity index (χ1v) is 15.5. The molecule has 2 amide bonds. The highest BCUT2D eigenvalue weighted by molar-refractivity contribution is 8.78. The summed E-state index contributed by atoms with van der Waals surface area (Å²) in [6.45, 7) is 1.07. The Bertz CT molecular complexity index is 1310. The Morgan fingerprint density at radius 1 is 1.16 bits per heavy atom. The van der Waals surface area contributed by atoms with Crippen LogP contribution in [0, 0.1) is 0 Å². The number of benzene rings is 2. The number of β-lactam (4-membered cyclic amide) rings is 1. The van der Waals surface area contributed by atoms with Gasteiger partial charge in [-0.2, -0.15) is 0 Å². The average Bonchev–Trinajstić information content (AvgIpc) is 3.29. The van der Waals surface area contributed by atoms with Crippen molar-refractivity contribution in [2.75, 3.05) is 13.2 Å². The molecule has 13 heteroatoms. The fourth-order valence-corrected chi connectivity index (χ4v) is 7.27. The Labute approximate surface area is 246 Å². The van der Waals surface area contributed by atoms with Crippen molar-refractivity contribution in [3.63, 3.8) is 0 Å². The molecule has 0 aliphatic carbocycles. The maximum absolute atomic E-state index is 13.0. The Balaban J connectivity index is 1.43. The highest BCUT2D eigenvalue weighted by Gasteiger charge is 2.49. The summed E-state index contributed by atoms with van der Waals surface area (Å²) < 4.78 is 5.24. The molecule has 2 heterocycles. The zero-order valence-electron chi connectivity index (χ0n) is 19.9. The molecule has 2 atom stereocenters. The number of carbonyl (C=O) groups excluding carboxylic acids is 3. The van der Waals surface area contributed by atoms with Crippen LogP contribution in [0.1, 0.15) is 12.5 Å². The standard InChI is InChI=1S/C25H22Cl3N3O4S3/c1-15(13-36-38-24-29-17-9-5-6-10-18(17)37-24)22-21(30-19(32)11-16-7-3-2-4-8-16)23(34)31(22)12-20(33)35-14-25(26,27)28/h2-10,13,21-22H,11-12,14H2,1H3,(H,30,32). The summed E-state index contributed by atoms with van der Waals surface area (Å²) in [6.07, 6.45) is 0.133. The number of aromatic nitrogens is 1. The Hall–Kier alpha value is -1.95. The molecule has 7 nitrogen and oxygen atoms in total. The summed E-state index contributed by atoms with van der Waals surface area (Å²) in [4.78, 5) is 44.0. The van der Waals surface area contributed by atoms with Gasteiger partial charge >= 0.3 is 5.97 Å². The molecule has 1 aromatic heterocycles. The molecular weight excluding hydrogens is 609 g/mol. The monoisotopic (exact) mass is 629 g/mol. The van der Waals surface area contributed by atoms with E-state index in [2.05, 4.69) is 10.3 Å². The van der Waals surface area contributed by atoms with Crippen LogP contribution in [0.25, 0.3) is 10.2 Å². The van der Waals surface area contributed by atoms with E-state index in [0.717, 1.165) is 25.7 Å². The van der Waals surface area contributed by atoms with Crippen LogP contribution in [0.4, 0.5) is 0 Å². The second-order valence-corrected chi connectivity index (χ2v) is 14.2. The van der Waals surface area contributed by atoms with Crippen LogP contribution in [0.5, 0.6) is 0 Å². The highest BCUT2D eigenvalue weighted by Crippen LogP contribution is 2.39. The second-order valence-electron chi connectivity index (χ2n) is 8.38. The molecule has 1 fully saturated rings. The number of ether oxygens (including phenoxy) is 1. The molecule has 1 saturated heterocycles. The number of fused-ring (bicyclic) bond motifs is 1. The van der Waals surface area contributed by atoms with Crippen molar-refractivity contribution < 1.29 is 19.1 Å². The fourth-order valence-electron chi connectivity index (χ4n) is 3.82. The number of para-hydroxylation sites is 1. The first kappa shape index (κ1) is 29.0. The minimum Gasteiger partial charge on any atom is -0.460 e. The first-order valence-electron chi connectivity index (χ1n) is 11.3. The van der Waals surface area contributed by atoms with Crippen molar-refractivity contribution in [3.8, 4) is 0 Å². The lowest BCUT2D eigenvalue weighted by Gasteiger charge is -2.47. The van der Waals surface area contributed by atoms with Gasteiger partial charge < -0.3 is 15.0 Å². The number of esters is 1. The fraction of sp³-hybridized carbons (Fsp3) is 0.280. The molecule has 200 valence electrons. The summed E-state index contributed by atoms with van der Waals surface area (Å²) in [5, 5.41) is 4.71. The number of hydrogen-bond acceptors (Lipinski definition) is 8. The third-order valence-corrected chi connectivity index (χ3v) is 9.34. The van der Waals surface area contributed by atoms with Crippen molar-refractivity contribution in [1.82, 2.24) is 15.2 Å². The van der Waals surface area contributed by atoms with Gasteiger partial charge in [-0.05, 0) is 46.4 Å². The van der Waals surface area contributed by atoms with Gasteiger partial charge in [0.15, 0.2) is 4.34 Å². The van der Waals surface area contributed by atoms with E-state index < -0.39 is 28.5 Å². The van der Waals surface area contributed by atoms with Crippen LogP contribution in [0.3, 0.4) is 0 Å². The van der Waals surface area contributed by atoms with E-state index in [1.165, 1.54) is 26.5 Å².